The summed E-state index contributed by atoms with van der Waals surface area (Å²) in [6.45, 7) is 4.44. The molecule has 16 heavy (non-hydrogen) atoms. The molecule has 0 heterocycles. The first kappa shape index (κ1) is 11.5. The Bertz CT molecular complexity index is 488. The van der Waals surface area contributed by atoms with Crippen LogP contribution in [0, 0.1) is 5.41 Å². The fourth-order valence-electron chi connectivity index (χ4n) is 1.71. The molecule has 0 spiro atoms. The van der Waals surface area contributed by atoms with Crippen LogP contribution in [-0.2, 0) is 9.84 Å². The molecule has 1 N–H and O–H groups in total. The van der Waals surface area contributed by atoms with Crippen molar-refractivity contribution in [3.05, 3.63) is 24.3 Å². The van der Waals surface area contributed by atoms with E-state index >= 15 is 0 Å². The van der Waals surface area contributed by atoms with Crippen LogP contribution in [0.3, 0.4) is 0 Å². The molecule has 1 fully saturated rings. The summed E-state index contributed by atoms with van der Waals surface area (Å²) in [6, 6.07) is 7.45. The van der Waals surface area contributed by atoms with E-state index in [0.717, 1.165) is 5.69 Å². The third-order valence-corrected chi connectivity index (χ3v) is 4.27. The first-order valence-electron chi connectivity index (χ1n) is 5.36. The Kier molecular flexibility index (Phi) is 2.49. The fraction of sp³-hybridized carbons (Fsp3) is 0.500. The minimum atomic E-state index is -3.08. The third-order valence-electron chi connectivity index (χ3n) is 3.14. The van der Waals surface area contributed by atoms with E-state index in [9.17, 15) is 8.42 Å². The zero-order valence-electron chi connectivity index (χ0n) is 9.82. The van der Waals surface area contributed by atoms with Crippen molar-refractivity contribution in [3.63, 3.8) is 0 Å². The maximum absolute atomic E-state index is 11.3. The van der Waals surface area contributed by atoms with Crippen LogP contribution >= 0.6 is 0 Å². The van der Waals surface area contributed by atoms with E-state index in [1.165, 1.54) is 12.7 Å². The van der Waals surface area contributed by atoms with Crippen molar-refractivity contribution < 1.29 is 8.42 Å². The van der Waals surface area contributed by atoms with Gasteiger partial charge in [-0.15, -0.1) is 0 Å². The van der Waals surface area contributed by atoms with Gasteiger partial charge in [-0.2, -0.15) is 0 Å². The Balaban J connectivity index is 2.09. The minimum absolute atomic E-state index is 0.369. The average molecular weight is 239 g/mol. The van der Waals surface area contributed by atoms with Crippen LogP contribution in [0.4, 0.5) is 5.69 Å². The molecule has 1 aromatic carbocycles. The SMILES string of the molecule is CC1(C)CC1Nc1ccc(S(C)(=O)=O)cc1. The summed E-state index contributed by atoms with van der Waals surface area (Å²) in [6.07, 6.45) is 2.39. The minimum Gasteiger partial charge on any atom is -0.382 e. The number of anilines is 1. The zero-order chi connectivity index (χ0) is 12.0. The molecule has 0 saturated heterocycles. The first-order valence-corrected chi connectivity index (χ1v) is 7.25. The molecular formula is C12H17NO2S. The van der Waals surface area contributed by atoms with E-state index in [4.69, 9.17) is 0 Å². The predicted octanol–water partition coefficient (Wildman–Crippen LogP) is 2.30. The van der Waals surface area contributed by atoms with Crippen LogP contribution in [0.2, 0.25) is 0 Å². The van der Waals surface area contributed by atoms with Gasteiger partial charge in [0.25, 0.3) is 0 Å². The van der Waals surface area contributed by atoms with Gasteiger partial charge in [-0.3, -0.25) is 0 Å². The van der Waals surface area contributed by atoms with E-state index in [-0.39, 0.29) is 0 Å². The molecule has 0 aliphatic heterocycles. The summed E-state index contributed by atoms with van der Waals surface area (Å²) in [5.41, 5.74) is 1.36. The second-order valence-electron chi connectivity index (χ2n) is 5.19. The van der Waals surface area contributed by atoms with Crippen LogP contribution in [0.1, 0.15) is 20.3 Å². The molecule has 0 bridgehead atoms. The Morgan fingerprint density at radius 1 is 1.25 bits per heavy atom. The fourth-order valence-corrected chi connectivity index (χ4v) is 2.34. The van der Waals surface area contributed by atoms with Crippen molar-refractivity contribution in [2.75, 3.05) is 11.6 Å². The highest BCUT2D eigenvalue weighted by Crippen LogP contribution is 2.46. The van der Waals surface area contributed by atoms with Crippen LogP contribution in [-0.4, -0.2) is 20.7 Å². The highest BCUT2D eigenvalue weighted by atomic mass is 32.2. The van der Waals surface area contributed by atoms with Crippen molar-refractivity contribution in [2.45, 2.75) is 31.2 Å². The van der Waals surface area contributed by atoms with Gasteiger partial charge in [-0.25, -0.2) is 8.42 Å². The van der Waals surface area contributed by atoms with E-state index in [1.807, 2.05) is 12.1 Å². The van der Waals surface area contributed by atoms with Gasteiger partial charge in [0, 0.05) is 18.0 Å². The molecule has 4 heteroatoms. The monoisotopic (exact) mass is 239 g/mol. The second kappa shape index (κ2) is 3.48. The largest absolute Gasteiger partial charge is 0.382 e. The Morgan fingerprint density at radius 3 is 2.12 bits per heavy atom. The number of hydrogen-bond donors (Lipinski definition) is 1. The number of sulfone groups is 1. The topological polar surface area (TPSA) is 46.2 Å². The van der Waals surface area contributed by atoms with Gasteiger partial charge in [-0.1, -0.05) is 13.8 Å². The maximum Gasteiger partial charge on any atom is 0.175 e. The van der Waals surface area contributed by atoms with Gasteiger partial charge in [0.05, 0.1) is 4.90 Å². The summed E-state index contributed by atoms with van der Waals surface area (Å²) < 4.78 is 22.5. The number of rotatable bonds is 3. The van der Waals surface area contributed by atoms with Crippen molar-refractivity contribution in [1.29, 1.82) is 0 Å². The average Bonchev–Trinajstić information content (AvgIpc) is 2.73. The van der Waals surface area contributed by atoms with Gasteiger partial charge in [0.15, 0.2) is 9.84 Å². The normalized spacial score (nSPS) is 22.8. The molecule has 0 aromatic heterocycles. The lowest BCUT2D eigenvalue weighted by Crippen LogP contribution is -2.08. The molecule has 1 atom stereocenters. The Hall–Kier alpha value is -1.03. The highest BCUT2D eigenvalue weighted by Gasteiger charge is 2.45. The first-order chi connectivity index (χ1) is 7.29. The predicted molar refractivity (Wildman–Crippen MR) is 65.4 cm³/mol. The third kappa shape index (κ3) is 2.38. The van der Waals surface area contributed by atoms with Gasteiger partial charge in [0.2, 0.25) is 0 Å². The summed E-state index contributed by atoms with van der Waals surface area (Å²) in [7, 11) is -3.08. The summed E-state index contributed by atoms with van der Waals surface area (Å²) in [5, 5.41) is 3.39. The lowest BCUT2D eigenvalue weighted by atomic mass is 10.2. The van der Waals surface area contributed by atoms with Crippen molar-refractivity contribution >= 4 is 15.5 Å². The van der Waals surface area contributed by atoms with Crippen molar-refractivity contribution in [1.82, 2.24) is 0 Å². The summed E-state index contributed by atoms with van der Waals surface area (Å²) in [5.74, 6) is 0. The van der Waals surface area contributed by atoms with Gasteiger partial charge in [-0.05, 0) is 36.1 Å². The van der Waals surface area contributed by atoms with E-state index in [0.29, 0.717) is 16.4 Å². The van der Waals surface area contributed by atoms with Gasteiger partial charge >= 0.3 is 0 Å². The zero-order valence-corrected chi connectivity index (χ0v) is 10.6. The molecular weight excluding hydrogens is 222 g/mol. The van der Waals surface area contributed by atoms with Crippen LogP contribution in [0.15, 0.2) is 29.2 Å². The number of hydrogen-bond acceptors (Lipinski definition) is 3. The molecule has 1 saturated carbocycles. The van der Waals surface area contributed by atoms with Gasteiger partial charge in [0.1, 0.15) is 0 Å². The second-order valence-corrected chi connectivity index (χ2v) is 7.20. The quantitative estimate of drug-likeness (QED) is 0.880. The number of nitrogens with one attached hydrogen (secondary N) is 1. The van der Waals surface area contributed by atoms with Crippen LogP contribution < -0.4 is 5.32 Å². The van der Waals surface area contributed by atoms with Gasteiger partial charge < -0.3 is 5.32 Å². The summed E-state index contributed by atoms with van der Waals surface area (Å²) in [4.78, 5) is 0.369. The van der Waals surface area contributed by atoms with Crippen molar-refractivity contribution in [3.8, 4) is 0 Å². The molecule has 1 unspecified atom stereocenters. The molecule has 3 nitrogen and oxygen atoms in total. The van der Waals surface area contributed by atoms with Crippen molar-refractivity contribution in [2.24, 2.45) is 5.41 Å². The number of benzene rings is 1. The standard InChI is InChI=1S/C12H17NO2S/c1-12(2)8-11(12)13-9-4-6-10(7-5-9)16(3,14)15/h4-7,11,13H,8H2,1-3H3. The van der Waals surface area contributed by atoms with Crippen LogP contribution in [0.25, 0.3) is 0 Å². The molecule has 1 aliphatic rings. The highest BCUT2D eigenvalue weighted by molar-refractivity contribution is 7.90. The molecule has 0 amide bonds. The Morgan fingerprint density at radius 2 is 1.75 bits per heavy atom. The molecule has 2 rings (SSSR count). The molecule has 88 valence electrons. The molecule has 1 aromatic rings. The lowest BCUT2D eigenvalue weighted by Gasteiger charge is -2.08. The Labute approximate surface area is 96.8 Å². The maximum atomic E-state index is 11.3. The smallest absolute Gasteiger partial charge is 0.175 e. The van der Waals surface area contributed by atoms with E-state index in [1.54, 1.807) is 12.1 Å². The van der Waals surface area contributed by atoms with E-state index < -0.39 is 9.84 Å². The van der Waals surface area contributed by atoms with Crippen LogP contribution in [0.5, 0.6) is 0 Å². The summed E-state index contributed by atoms with van der Waals surface area (Å²) >= 11 is 0. The molecule has 0 radical (unpaired) electrons. The molecule has 1 aliphatic carbocycles. The van der Waals surface area contributed by atoms with E-state index in [2.05, 4.69) is 19.2 Å². The lowest BCUT2D eigenvalue weighted by molar-refractivity contribution is 0.602.